The van der Waals surface area contributed by atoms with E-state index in [1.807, 2.05) is 30.3 Å². The van der Waals surface area contributed by atoms with E-state index in [0.29, 0.717) is 23.2 Å². The van der Waals surface area contributed by atoms with Gasteiger partial charge in [-0.05, 0) is 37.3 Å². The Balaban J connectivity index is 1.24. The van der Waals surface area contributed by atoms with Gasteiger partial charge in [0.15, 0.2) is 11.6 Å². The second kappa shape index (κ2) is 9.47. The number of aromatic nitrogens is 7. The molecule has 0 aliphatic heterocycles. The van der Waals surface area contributed by atoms with E-state index in [4.69, 9.17) is 11.6 Å². The third-order valence-electron chi connectivity index (χ3n) is 5.19. The molecule has 0 radical (unpaired) electrons. The predicted molar refractivity (Wildman–Crippen MR) is 127 cm³/mol. The standard InChI is InChI=1S/C23H19ClFN9O/c1-14-31-22(34(32-14)16-6-7-18(24)19(25)9-16)12-28-23(35)27-11-21-29-13-30-33(21)17-5-4-15-3-2-8-26-20(15)10-17/h2-10,13H,11-12H2,1H3,(H2,27,28,35). The summed E-state index contributed by atoms with van der Waals surface area (Å²) in [7, 11) is 0. The number of fused-ring (bicyclic) bond motifs is 1. The Morgan fingerprint density at radius 2 is 1.77 bits per heavy atom. The Labute approximate surface area is 203 Å². The summed E-state index contributed by atoms with van der Waals surface area (Å²) in [6.07, 6.45) is 3.15. The van der Waals surface area contributed by atoms with Crippen LogP contribution in [0.3, 0.4) is 0 Å². The number of nitrogens with zero attached hydrogens (tertiary/aromatic N) is 7. The number of carbonyl (C=O) groups excluding carboxylic acids is 1. The highest BCUT2D eigenvalue weighted by atomic mass is 35.5. The van der Waals surface area contributed by atoms with Crippen LogP contribution in [0.5, 0.6) is 0 Å². The summed E-state index contributed by atoms with van der Waals surface area (Å²) >= 11 is 5.77. The molecule has 35 heavy (non-hydrogen) atoms. The molecule has 0 spiro atoms. The zero-order valence-electron chi connectivity index (χ0n) is 18.5. The number of halogens is 2. The number of benzene rings is 2. The van der Waals surface area contributed by atoms with Crippen molar-refractivity contribution in [2.75, 3.05) is 0 Å². The van der Waals surface area contributed by atoms with Gasteiger partial charge in [-0.15, -0.1) is 0 Å². The molecule has 0 aliphatic rings. The van der Waals surface area contributed by atoms with Crippen LogP contribution in [-0.2, 0) is 13.1 Å². The molecule has 0 saturated carbocycles. The summed E-state index contributed by atoms with van der Waals surface area (Å²) in [5, 5.41) is 15.1. The molecule has 5 rings (SSSR count). The van der Waals surface area contributed by atoms with Gasteiger partial charge in [0.1, 0.15) is 18.0 Å². The lowest BCUT2D eigenvalue weighted by molar-refractivity contribution is 0.239. The smallest absolute Gasteiger partial charge is 0.315 e. The number of pyridine rings is 1. The van der Waals surface area contributed by atoms with E-state index >= 15 is 0 Å². The van der Waals surface area contributed by atoms with Gasteiger partial charge in [0.25, 0.3) is 0 Å². The number of aryl methyl sites for hydroxylation is 1. The van der Waals surface area contributed by atoms with Gasteiger partial charge in [-0.3, -0.25) is 4.98 Å². The second-order valence-corrected chi connectivity index (χ2v) is 8.00. The van der Waals surface area contributed by atoms with Crippen LogP contribution >= 0.6 is 11.6 Å². The van der Waals surface area contributed by atoms with E-state index in [0.717, 1.165) is 16.6 Å². The van der Waals surface area contributed by atoms with Crippen molar-refractivity contribution in [3.05, 3.63) is 89.4 Å². The number of hydrogen-bond acceptors (Lipinski definition) is 6. The molecule has 5 aromatic rings. The number of amides is 2. The topological polar surface area (TPSA) is 115 Å². The highest BCUT2D eigenvalue weighted by Crippen LogP contribution is 2.19. The molecule has 0 unspecified atom stereocenters. The molecule has 2 amide bonds. The normalized spacial score (nSPS) is 11.1. The van der Waals surface area contributed by atoms with Crippen LogP contribution in [0.4, 0.5) is 9.18 Å². The molecule has 2 aromatic carbocycles. The first-order valence-corrected chi connectivity index (χ1v) is 11.0. The SMILES string of the molecule is Cc1nc(CNC(=O)NCc2ncnn2-c2ccc3cccnc3c2)n(-c2ccc(Cl)c(F)c2)n1. The summed E-state index contributed by atoms with van der Waals surface area (Å²) in [5.41, 5.74) is 2.06. The van der Waals surface area contributed by atoms with Crippen LogP contribution < -0.4 is 10.6 Å². The first-order chi connectivity index (χ1) is 17.0. The van der Waals surface area contributed by atoms with Crippen molar-refractivity contribution in [2.45, 2.75) is 20.0 Å². The fourth-order valence-corrected chi connectivity index (χ4v) is 3.68. The molecular formula is C23H19ClFN9O. The maximum atomic E-state index is 13.9. The highest BCUT2D eigenvalue weighted by Gasteiger charge is 2.14. The first kappa shape index (κ1) is 22.4. The summed E-state index contributed by atoms with van der Waals surface area (Å²) in [6.45, 7) is 1.92. The number of carbonyl (C=O) groups is 1. The summed E-state index contributed by atoms with van der Waals surface area (Å²) in [4.78, 5) is 25.4. The fraction of sp³-hybridized carbons (Fsp3) is 0.130. The highest BCUT2D eigenvalue weighted by molar-refractivity contribution is 6.30. The zero-order valence-corrected chi connectivity index (χ0v) is 19.2. The molecule has 2 N–H and O–H groups in total. The monoisotopic (exact) mass is 491 g/mol. The van der Waals surface area contributed by atoms with Crippen LogP contribution in [0.1, 0.15) is 17.5 Å². The molecular weight excluding hydrogens is 473 g/mol. The number of hydrogen-bond donors (Lipinski definition) is 2. The fourth-order valence-electron chi connectivity index (χ4n) is 3.57. The molecule has 0 atom stereocenters. The van der Waals surface area contributed by atoms with E-state index in [-0.39, 0.29) is 18.1 Å². The van der Waals surface area contributed by atoms with Gasteiger partial charge >= 0.3 is 6.03 Å². The van der Waals surface area contributed by atoms with Crippen LogP contribution in [0.15, 0.2) is 61.1 Å². The Hall–Kier alpha value is -4.38. The van der Waals surface area contributed by atoms with E-state index in [2.05, 4.69) is 35.8 Å². The summed E-state index contributed by atoms with van der Waals surface area (Å²) in [6, 6.07) is 13.5. The van der Waals surface area contributed by atoms with Crippen molar-refractivity contribution in [3.63, 3.8) is 0 Å². The van der Waals surface area contributed by atoms with Gasteiger partial charge in [0.2, 0.25) is 0 Å². The molecule has 3 aromatic heterocycles. The molecule has 3 heterocycles. The Bertz CT molecular complexity index is 1530. The maximum Gasteiger partial charge on any atom is 0.315 e. The quantitative estimate of drug-likeness (QED) is 0.375. The van der Waals surface area contributed by atoms with Gasteiger partial charge in [-0.2, -0.15) is 10.2 Å². The minimum atomic E-state index is -0.569. The first-order valence-electron chi connectivity index (χ1n) is 10.6. The lowest BCUT2D eigenvalue weighted by atomic mass is 10.2. The average Bonchev–Trinajstić information content (AvgIpc) is 3.49. The maximum absolute atomic E-state index is 13.9. The van der Waals surface area contributed by atoms with Crippen molar-refractivity contribution in [1.82, 2.24) is 45.1 Å². The van der Waals surface area contributed by atoms with E-state index in [1.54, 1.807) is 23.9 Å². The number of nitrogens with one attached hydrogen (secondary N) is 2. The largest absolute Gasteiger partial charge is 0.331 e. The minimum absolute atomic E-state index is 0.0115. The summed E-state index contributed by atoms with van der Waals surface area (Å²) in [5.74, 6) is 0.896. The van der Waals surface area contributed by atoms with E-state index in [9.17, 15) is 9.18 Å². The second-order valence-electron chi connectivity index (χ2n) is 7.59. The molecule has 0 saturated heterocycles. The average molecular weight is 492 g/mol. The Morgan fingerprint density at radius 1 is 1.00 bits per heavy atom. The van der Waals surface area contributed by atoms with Crippen molar-refractivity contribution < 1.29 is 9.18 Å². The van der Waals surface area contributed by atoms with Gasteiger partial charge in [-0.1, -0.05) is 23.7 Å². The molecule has 10 nitrogen and oxygen atoms in total. The van der Waals surface area contributed by atoms with Crippen LogP contribution in [0.2, 0.25) is 5.02 Å². The van der Waals surface area contributed by atoms with Gasteiger partial charge in [0.05, 0.1) is 35.0 Å². The molecule has 12 heteroatoms. The third kappa shape index (κ3) is 4.80. The molecule has 0 aliphatic carbocycles. The predicted octanol–water partition coefficient (Wildman–Crippen LogP) is 3.50. The van der Waals surface area contributed by atoms with Gasteiger partial charge < -0.3 is 10.6 Å². The molecule has 176 valence electrons. The van der Waals surface area contributed by atoms with E-state index < -0.39 is 11.8 Å². The van der Waals surface area contributed by atoms with Crippen molar-refractivity contribution in [1.29, 1.82) is 0 Å². The third-order valence-corrected chi connectivity index (χ3v) is 5.50. The summed E-state index contributed by atoms with van der Waals surface area (Å²) < 4.78 is 17.0. The lowest BCUT2D eigenvalue weighted by Gasteiger charge is -2.10. The molecule has 0 bridgehead atoms. The zero-order chi connectivity index (χ0) is 24.4. The van der Waals surface area contributed by atoms with Crippen LogP contribution in [0, 0.1) is 12.7 Å². The van der Waals surface area contributed by atoms with Crippen LogP contribution in [0.25, 0.3) is 22.3 Å². The Morgan fingerprint density at radius 3 is 2.60 bits per heavy atom. The molecule has 0 fully saturated rings. The Kier molecular flexibility index (Phi) is 6.06. The number of rotatable bonds is 6. The number of urea groups is 1. The van der Waals surface area contributed by atoms with Gasteiger partial charge in [0, 0.05) is 17.6 Å². The lowest BCUT2D eigenvalue weighted by Crippen LogP contribution is -2.36. The van der Waals surface area contributed by atoms with E-state index in [1.165, 1.54) is 23.1 Å². The van der Waals surface area contributed by atoms with Crippen molar-refractivity contribution in [2.24, 2.45) is 0 Å². The van der Waals surface area contributed by atoms with Gasteiger partial charge in [-0.25, -0.2) is 28.5 Å². The van der Waals surface area contributed by atoms with Crippen molar-refractivity contribution in [3.8, 4) is 11.4 Å². The minimum Gasteiger partial charge on any atom is -0.331 e. The van der Waals surface area contributed by atoms with Crippen molar-refractivity contribution >= 4 is 28.5 Å². The van der Waals surface area contributed by atoms with Crippen LogP contribution in [-0.4, -0.2) is 40.5 Å².